The van der Waals surface area contributed by atoms with Crippen molar-refractivity contribution >= 4 is 17.3 Å². The summed E-state index contributed by atoms with van der Waals surface area (Å²) in [6.07, 6.45) is 1.45. The lowest BCUT2D eigenvalue weighted by atomic mass is 10.4. The minimum absolute atomic E-state index is 0.0262. The summed E-state index contributed by atoms with van der Waals surface area (Å²) in [7, 11) is 0. The highest BCUT2D eigenvalue weighted by molar-refractivity contribution is 6.28. The molecule has 4 nitrogen and oxygen atoms in total. The van der Waals surface area contributed by atoms with Crippen LogP contribution in [0, 0.1) is 0 Å². The van der Waals surface area contributed by atoms with E-state index in [0.717, 1.165) is 0 Å². The molecule has 0 atom stereocenters. The number of nitrogens with zero attached hydrogens (tertiary/aromatic N) is 2. The molecule has 1 rings (SSSR count). The standard InChI is InChI=1S/C7H10ClN3O/c1-4(2)12-6-5(9)3-10-7(8)11-6/h3-4H,9H2,1-2H3. The number of nitrogen functional groups attached to an aromatic ring is 1. The maximum Gasteiger partial charge on any atom is 0.241 e. The van der Waals surface area contributed by atoms with Gasteiger partial charge in [-0.1, -0.05) is 0 Å². The van der Waals surface area contributed by atoms with Crippen LogP contribution in [0.2, 0.25) is 5.28 Å². The van der Waals surface area contributed by atoms with Crippen LogP contribution in [-0.2, 0) is 0 Å². The second-order valence-corrected chi connectivity index (χ2v) is 2.90. The molecule has 0 saturated carbocycles. The largest absolute Gasteiger partial charge is 0.473 e. The molecule has 66 valence electrons. The van der Waals surface area contributed by atoms with Gasteiger partial charge in [-0.05, 0) is 25.4 Å². The molecule has 2 N–H and O–H groups in total. The molecule has 0 amide bonds. The third kappa shape index (κ3) is 2.23. The molecule has 0 saturated heterocycles. The molecule has 0 aliphatic rings. The molecule has 0 aliphatic carbocycles. The first kappa shape index (κ1) is 9.06. The van der Waals surface area contributed by atoms with E-state index in [2.05, 4.69) is 9.97 Å². The lowest BCUT2D eigenvalue weighted by Crippen LogP contribution is -2.09. The zero-order chi connectivity index (χ0) is 9.14. The first-order chi connectivity index (χ1) is 5.59. The Kier molecular flexibility index (Phi) is 2.70. The maximum atomic E-state index is 5.54. The van der Waals surface area contributed by atoms with E-state index in [1.54, 1.807) is 0 Å². The van der Waals surface area contributed by atoms with E-state index < -0.39 is 0 Å². The van der Waals surface area contributed by atoms with Crippen molar-refractivity contribution in [2.24, 2.45) is 0 Å². The Bertz CT molecular complexity index is 277. The molecule has 0 spiro atoms. The molecule has 0 fully saturated rings. The number of nitrogens with two attached hydrogens (primary N) is 1. The highest BCUT2D eigenvalue weighted by Crippen LogP contribution is 2.19. The van der Waals surface area contributed by atoms with Gasteiger partial charge in [0.1, 0.15) is 5.69 Å². The first-order valence-electron chi connectivity index (χ1n) is 3.54. The van der Waals surface area contributed by atoms with Crippen molar-refractivity contribution < 1.29 is 4.74 Å². The zero-order valence-electron chi connectivity index (χ0n) is 6.91. The maximum absolute atomic E-state index is 5.54. The average molecular weight is 188 g/mol. The Morgan fingerprint density at radius 2 is 2.25 bits per heavy atom. The number of aromatic nitrogens is 2. The van der Waals surface area contributed by atoms with Crippen molar-refractivity contribution in [3.05, 3.63) is 11.5 Å². The molecule has 0 aliphatic heterocycles. The summed E-state index contributed by atoms with van der Waals surface area (Å²) in [5, 5.41) is 0.139. The van der Waals surface area contributed by atoms with Gasteiger partial charge in [-0.2, -0.15) is 4.98 Å². The molecule has 0 bridgehead atoms. The summed E-state index contributed by atoms with van der Waals surface area (Å²) in [5.41, 5.74) is 5.93. The fourth-order valence-corrected chi connectivity index (χ4v) is 0.798. The minimum atomic E-state index is 0.0262. The molecule has 1 aromatic heterocycles. The molecule has 0 radical (unpaired) electrons. The van der Waals surface area contributed by atoms with Crippen LogP contribution in [0.3, 0.4) is 0 Å². The van der Waals surface area contributed by atoms with E-state index in [0.29, 0.717) is 11.6 Å². The summed E-state index contributed by atoms with van der Waals surface area (Å²) in [5.74, 6) is 0.338. The highest BCUT2D eigenvalue weighted by atomic mass is 35.5. The van der Waals surface area contributed by atoms with Crippen LogP contribution >= 0.6 is 11.6 Å². The Morgan fingerprint density at radius 3 is 2.83 bits per heavy atom. The van der Waals surface area contributed by atoms with Gasteiger partial charge in [0.05, 0.1) is 12.3 Å². The van der Waals surface area contributed by atoms with Gasteiger partial charge in [0.15, 0.2) is 0 Å². The molecular weight excluding hydrogens is 178 g/mol. The van der Waals surface area contributed by atoms with E-state index in [1.807, 2.05) is 13.8 Å². The van der Waals surface area contributed by atoms with Crippen molar-refractivity contribution in [3.63, 3.8) is 0 Å². The van der Waals surface area contributed by atoms with Crippen molar-refractivity contribution in [3.8, 4) is 5.88 Å². The number of halogens is 1. The van der Waals surface area contributed by atoms with E-state index in [-0.39, 0.29) is 11.4 Å². The van der Waals surface area contributed by atoms with E-state index in [4.69, 9.17) is 22.1 Å². The molecule has 1 aromatic rings. The van der Waals surface area contributed by atoms with Crippen molar-refractivity contribution in [1.29, 1.82) is 0 Å². The fourth-order valence-electron chi connectivity index (χ4n) is 0.673. The van der Waals surface area contributed by atoms with Crippen molar-refractivity contribution in [2.45, 2.75) is 20.0 Å². The predicted molar refractivity (Wildman–Crippen MR) is 47.2 cm³/mol. The lowest BCUT2D eigenvalue weighted by Gasteiger charge is -2.09. The van der Waals surface area contributed by atoms with Crippen LogP contribution in [0.4, 0.5) is 5.69 Å². The second-order valence-electron chi connectivity index (χ2n) is 2.57. The van der Waals surface area contributed by atoms with Crippen LogP contribution in [0.25, 0.3) is 0 Å². The highest BCUT2D eigenvalue weighted by Gasteiger charge is 2.05. The van der Waals surface area contributed by atoms with Gasteiger partial charge in [0.2, 0.25) is 11.2 Å². The van der Waals surface area contributed by atoms with E-state index >= 15 is 0 Å². The SMILES string of the molecule is CC(C)Oc1nc(Cl)ncc1N. The quantitative estimate of drug-likeness (QED) is 0.713. The van der Waals surface area contributed by atoms with Crippen molar-refractivity contribution in [1.82, 2.24) is 9.97 Å². The second kappa shape index (κ2) is 3.58. The molecule has 1 heterocycles. The predicted octanol–water partition coefficient (Wildman–Crippen LogP) is 1.50. The number of anilines is 1. The topological polar surface area (TPSA) is 61.0 Å². The summed E-state index contributed by atoms with van der Waals surface area (Å²) in [4.78, 5) is 7.52. The first-order valence-corrected chi connectivity index (χ1v) is 3.92. The molecule has 5 heteroatoms. The van der Waals surface area contributed by atoms with Crippen LogP contribution < -0.4 is 10.5 Å². The number of ether oxygens (including phenoxy) is 1. The van der Waals surface area contributed by atoms with E-state index in [1.165, 1.54) is 6.20 Å². The Morgan fingerprint density at radius 1 is 1.58 bits per heavy atom. The summed E-state index contributed by atoms with van der Waals surface area (Å²) in [6.45, 7) is 3.77. The molecule has 12 heavy (non-hydrogen) atoms. The smallest absolute Gasteiger partial charge is 0.241 e. The number of rotatable bonds is 2. The van der Waals surface area contributed by atoms with E-state index in [9.17, 15) is 0 Å². The van der Waals surface area contributed by atoms with Crippen LogP contribution in [-0.4, -0.2) is 16.1 Å². The minimum Gasteiger partial charge on any atom is -0.473 e. The lowest BCUT2D eigenvalue weighted by molar-refractivity contribution is 0.234. The van der Waals surface area contributed by atoms with Gasteiger partial charge in [-0.3, -0.25) is 0 Å². The third-order valence-electron chi connectivity index (χ3n) is 1.10. The van der Waals surface area contributed by atoms with Crippen LogP contribution in [0.5, 0.6) is 5.88 Å². The molecule has 0 aromatic carbocycles. The molecular formula is C7H10ClN3O. The van der Waals surface area contributed by atoms with Crippen molar-refractivity contribution in [2.75, 3.05) is 5.73 Å². The Hall–Kier alpha value is -1.03. The van der Waals surface area contributed by atoms with Gasteiger partial charge in [0.25, 0.3) is 0 Å². The normalized spacial score (nSPS) is 10.3. The monoisotopic (exact) mass is 187 g/mol. The zero-order valence-corrected chi connectivity index (χ0v) is 7.67. The molecule has 0 unspecified atom stereocenters. The van der Waals surface area contributed by atoms with Crippen LogP contribution in [0.15, 0.2) is 6.20 Å². The summed E-state index contributed by atoms with van der Waals surface area (Å²) in [6, 6.07) is 0. The average Bonchev–Trinajstić information content (AvgIpc) is 1.96. The van der Waals surface area contributed by atoms with Gasteiger partial charge >= 0.3 is 0 Å². The Labute approximate surface area is 75.7 Å². The van der Waals surface area contributed by atoms with Gasteiger partial charge in [0, 0.05) is 0 Å². The number of hydrogen-bond donors (Lipinski definition) is 1. The van der Waals surface area contributed by atoms with Gasteiger partial charge in [-0.25, -0.2) is 4.98 Å². The Balaban J connectivity index is 2.90. The summed E-state index contributed by atoms with van der Waals surface area (Å²) < 4.78 is 5.27. The summed E-state index contributed by atoms with van der Waals surface area (Å²) >= 11 is 5.54. The van der Waals surface area contributed by atoms with Crippen LogP contribution in [0.1, 0.15) is 13.8 Å². The third-order valence-corrected chi connectivity index (χ3v) is 1.28. The van der Waals surface area contributed by atoms with Gasteiger partial charge < -0.3 is 10.5 Å². The van der Waals surface area contributed by atoms with Gasteiger partial charge in [-0.15, -0.1) is 0 Å². The fraction of sp³-hybridized carbons (Fsp3) is 0.429. The number of hydrogen-bond acceptors (Lipinski definition) is 4.